The average Bonchev–Trinajstić information content (AvgIpc) is 2.00. The Balaban J connectivity index is 2.13. The quantitative estimate of drug-likeness (QED) is 0.513. The van der Waals surface area contributed by atoms with Gasteiger partial charge in [-0.05, 0) is 37.5 Å². The van der Waals surface area contributed by atoms with Crippen molar-refractivity contribution in [3.63, 3.8) is 0 Å². The van der Waals surface area contributed by atoms with Crippen LogP contribution in [0.15, 0.2) is 0 Å². The Morgan fingerprint density at radius 1 is 0.700 bits per heavy atom. The van der Waals surface area contributed by atoms with Crippen LogP contribution in [0.5, 0.6) is 0 Å². The summed E-state index contributed by atoms with van der Waals surface area (Å²) < 4.78 is 0. The Hall–Kier alpha value is -0.0800. The van der Waals surface area contributed by atoms with Gasteiger partial charge < -0.3 is 11.5 Å². The van der Waals surface area contributed by atoms with Gasteiger partial charge in [-0.15, -0.1) is 0 Å². The number of fused-ring (bicyclic) bond motifs is 3. The van der Waals surface area contributed by atoms with Crippen LogP contribution >= 0.6 is 0 Å². The van der Waals surface area contributed by atoms with E-state index in [-0.39, 0.29) is 0 Å². The van der Waals surface area contributed by atoms with Crippen LogP contribution < -0.4 is 11.5 Å². The molecule has 10 heavy (non-hydrogen) atoms. The van der Waals surface area contributed by atoms with Crippen molar-refractivity contribution in [2.24, 2.45) is 23.3 Å². The van der Waals surface area contributed by atoms with Crippen LogP contribution in [-0.4, -0.2) is 12.1 Å². The summed E-state index contributed by atoms with van der Waals surface area (Å²) in [6.07, 6.45) is 5.33. The van der Waals surface area contributed by atoms with Gasteiger partial charge in [-0.2, -0.15) is 0 Å². The van der Waals surface area contributed by atoms with Crippen molar-refractivity contribution in [3.05, 3.63) is 0 Å². The second-order valence-corrected chi connectivity index (χ2v) is 3.83. The molecule has 0 heterocycles. The Kier molecular flexibility index (Phi) is 1.46. The monoisotopic (exact) mass is 140 g/mol. The molecule has 0 aromatic heterocycles. The number of rotatable bonds is 0. The summed E-state index contributed by atoms with van der Waals surface area (Å²) in [6.45, 7) is 0. The van der Waals surface area contributed by atoms with E-state index in [2.05, 4.69) is 0 Å². The summed E-state index contributed by atoms with van der Waals surface area (Å²) in [5.41, 5.74) is 11.9. The predicted octanol–water partition coefficient (Wildman–Crippen LogP) is 0.461. The summed E-state index contributed by atoms with van der Waals surface area (Å²) >= 11 is 0. The molecule has 0 amide bonds. The molecule has 0 aromatic carbocycles. The zero-order chi connectivity index (χ0) is 7.14. The van der Waals surface area contributed by atoms with Gasteiger partial charge in [0, 0.05) is 12.1 Å². The highest BCUT2D eigenvalue weighted by molar-refractivity contribution is 4.97. The number of hydrogen-bond donors (Lipinski definition) is 2. The minimum atomic E-state index is 0.312. The van der Waals surface area contributed by atoms with Crippen LogP contribution in [0.3, 0.4) is 0 Å². The zero-order valence-electron chi connectivity index (χ0n) is 6.29. The van der Waals surface area contributed by atoms with Gasteiger partial charge in [-0.3, -0.25) is 0 Å². The smallest absolute Gasteiger partial charge is 0.0223 e. The summed E-state index contributed by atoms with van der Waals surface area (Å²) in [4.78, 5) is 0. The minimum Gasteiger partial charge on any atom is -0.326 e. The molecular formula is C8H16N2. The van der Waals surface area contributed by atoms with E-state index in [1.54, 1.807) is 0 Å². The van der Waals surface area contributed by atoms with Crippen molar-refractivity contribution in [1.82, 2.24) is 0 Å². The summed E-state index contributed by atoms with van der Waals surface area (Å²) in [5.74, 6) is 1.50. The first-order chi connectivity index (χ1) is 4.79. The van der Waals surface area contributed by atoms with Gasteiger partial charge in [0.15, 0.2) is 0 Å². The third-order valence-corrected chi connectivity index (χ3v) is 3.35. The maximum atomic E-state index is 5.94. The first-order valence-corrected chi connectivity index (χ1v) is 4.30. The Morgan fingerprint density at radius 3 is 1.20 bits per heavy atom. The van der Waals surface area contributed by atoms with Gasteiger partial charge >= 0.3 is 0 Å². The van der Waals surface area contributed by atoms with E-state index in [0.29, 0.717) is 12.1 Å². The lowest BCUT2D eigenvalue weighted by Gasteiger charge is -2.45. The Morgan fingerprint density at radius 2 is 1.00 bits per heavy atom. The SMILES string of the molecule is NC1C2CCC(CC2)[C@@H]1N. The third kappa shape index (κ3) is 0.789. The second-order valence-electron chi connectivity index (χ2n) is 3.83. The fourth-order valence-electron chi connectivity index (χ4n) is 2.54. The first kappa shape index (κ1) is 6.62. The molecule has 1 unspecified atom stereocenters. The topological polar surface area (TPSA) is 52.0 Å². The van der Waals surface area contributed by atoms with Gasteiger partial charge in [-0.25, -0.2) is 0 Å². The summed E-state index contributed by atoms with van der Waals surface area (Å²) in [5, 5.41) is 0. The molecule has 3 rings (SSSR count). The van der Waals surface area contributed by atoms with E-state index < -0.39 is 0 Å². The molecule has 0 aromatic rings. The molecule has 0 saturated heterocycles. The molecule has 3 saturated carbocycles. The Labute approximate surface area is 62.0 Å². The lowest BCUT2D eigenvalue weighted by atomic mass is 9.65. The van der Waals surface area contributed by atoms with Crippen molar-refractivity contribution in [1.29, 1.82) is 0 Å². The van der Waals surface area contributed by atoms with Crippen molar-refractivity contribution < 1.29 is 0 Å². The molecule has 3 fully saturated rings. The molecule has 2 heteroatoms. The maximum Gasteiger partial charge on any atom is 0.0223 e. The van der Waals surface area contributed by atoms with Crippen LogP contribution in [0.25, 0.3) is 0 Å². The van der Waals surface area contributed by atoms with Crippen LogP contribution in [0.1, 0.15) is 25.7 Å². The van der Waals surface area contributed by atoms with Gasteiger partial charge in [0.25, 0.3) is 0 Å². The van der Waals surface area contributed by atoms with Crippen molar-refractivity contribution >= 4 is 0 Å². The van der Waals surface area contributed by atoms with Gasteiger partial charge in [0.1, 0.15) is 0 Å². The van der Waals surface area contributed by atoms with Crippen LogP contribution in [0, 0.1) is 11.8 Å². The molecule has 0 spiro atoms. The van der Waals surface area contributed by atoms with Gasteiger partial charge in [0.2, 0.25) is 0 Å². The number of hydrogen-bond acceptors (Lipinski definition) is 2. The van der Waals surface area contributed by atoms with E-state index >= 15 is 0 Å². The molecule has 2 atom stereocenters. The van der Waals surface area contributed by atoms with Crippen LogP contribution in [0.4, 0.5) is 0 Å². The average molecular weight is 140 g/mol. The van der Waals surface area contributed by atoms with Crippen molar-refractivity contribution in [3.8, 4) is 0 Å². The van der Waals surface area contributed by atoms with E-state index in [1.807, 2.05) is 0 Å². The molecule has 3 aliphatic carbocycles. The predicted molar refractivity (Wildman–Crippen MR) is 41.4 cm³/mol. The first-order valence-electron chi connectivity index (χ1n) is 4.30. The fourth-order valence-corrected chi connectivity index (χ4v) is 2.54. The molecule has 0 aliphatic heterocycles. The molecule has 0 radical (unpaired) electrons. The lowest BCUT2D eigenvalue weighted by Crippen LogP contribution is -2.57. The van der Waals surface area contributed by atoms with Crippen molar-refractivity contribution in [2.45, 2.75) is 37.8 Å². The third-order valence-electron chi connectivity index (χ3n) is 3.35. The largest absolute Gasteiger partial charge is 0.326 e. The highest BCUT2D eigenvalue weighted by atomic mass is 14.8. The molecule has 3 aliphatic rings. The molecule has 2 bridgehead atoms. The molecular weight excluding hydrogens is 124 g/mol. The van der Waals surface area contributed by atoms with E-state index in [0.717, 1.165) is 11.8 Å². The molecule has 2 nitrogen and oxygen atoms in total. The standard InChI is InChI=1S/C8H16N2/c9-7-5-1-2-6(4-3-5)8(7)10/h5-8H,1-4,9-10H2/t5?,6?,7-,8?/m0/s1. The lowest BCUT2D eigenvalue weighted by molar-refractivity contribution is 0.119. The van der Waals surface area contributed by atoms with Crippen molar-refractivity contribution in [2.75, 3.05) is 0 Å². The zero-order valence-corrected chi connectivity index (χ0v) is 6.29. The van der Waals surface area contributed by atoms with E-state index in [9.17, 15) is 0 Å². The summed E-state index contributed by atoms with van der Waals surface area (Å²) in [6, 6.07) is 0.625. The normalized spacial score (nSPS) is 53.4. The molecule has 4 N–H and O–H groups in total. The van der Waals surface area contributed by atoms with Crippen LogP contribution in [0.2, 0.25) is 0 Å². The Bertz CT molecular complexity index is 107. The highest BCUT2D eigenvalue weighted by Gasteiger charge is 2.39. The maximum absolute atomic E-state index is 5.94. The van der Waals surface area contributed by atoms with Gasteiger partial charge in [-0.1, -0.05) is 0 Å². The van der Waals surface area contributed by atoms with Crippen LogP contribution in [-0.2, 0) is 0 Å². The minimum absolute atomic E-state index is 0.312. The second kappa shape index (κ2) is 2.21. The number of nitrogens with two attached hydrogens (primary N) is 2. The van der Waals surface area contributed by atoms with Gasteiger partial charge in [0.05, 0.1) is 0 Å². The fraction of sp³-hybridized carbons (Fsp3) is 1.00. The van der Waals surface area contributed by atoms with E-state index in [1.165, 1.54) is 25.7 Å². The molecule has 58 valence electrons. The summed E-state index contributed by atoms with van der Waals surface area (Å²) in [7, 11) is 0. The van der Waals surface area contributed by atoms with E-state index in [4.69, 9.17) is 11.5 Å². The highest BCUT2D eigenvalue weighted by Crippen LogP contribution is 2.39.